The van der Waals surface area contributed by atoms with Crippen molar-refractivity contribution in [3.05, 3.63) is 53.9 Å². The zero-order valence-electron chi connectivity index (χ0n) is 13.3. The molecule has 2 aromatic rings. The van der Waals surface area contributed by atoms with Gasteiger partial charge < -0.3 is 4.90 Å². The van der Waals surface area contributed by atoms with Gasteiger partial charge in [-0.2, -0.15) is 14.8 Å². The molecule has 126 valence electrons. The molecule has 1 aromatic carbocycles. The van der Waals surface area contributed by atoms with Crippen molar-refractivity contribution in [3.63, 3.8) is 0 Å². The van der Waals surface area contributed by atoms with Gasteiger partial charge in [0.25, 0.3) is 0 Å². The third-order valence-electron chi connectivity index (χ3n) is 4.09. The van der Waals surface area contributed by atoms with Crippen LogP contribution in [0.4, 0.5) is 5.69 Å². The van der Waals surface area contributed by atoms with E-state index in [1.54, 1.807) is 30.5 Å². The van der Waals surface area contributed by atoms with Gasteiger partial charge in [0, 0.05) is 26.2 Å². The Labute approximate surface area is 146 Å². The number of sulfonamides is 1. The van der Waals surface area contributed by atoms with Gasteiger partial charge in [0.15, 0.2) is 0 Å². The second-order valence-corrected chi connectivity index (χ2v) is 7.42. The Morgan fingerprint density at radius 2 is 1.68 bits per heavy atom. The number of aromatic nitrogens is 1. The second kappa shape index (κ2) is 6.89. The summed E-state index contributed by atoms with van der Waals surface area (Å²) in [5, 5.41) is 17.9. The number of rotatable bonds is 3. The largest absolute Gasteiger partial charge is 0.368 e. The normalized spacial score (nSPS) is 15.4. The Morgan fingerprint density at radius 3 is 2.28 bits per heavy atom. The van der Waals surface area contributed by atoms with Crippen LogP contribution < -0.4 is 4.90 Å². The number of anilines is 1. The molecule has 7 nitrogen and oxygen atoms in total. The summed E-state index contributed by atoms with van der Waals surface area (Å²) in [7, 11) is -3.70. The van der Waals surface area contributed by atoms with Crippen LogP contribution in [-0.2, 0) is 10.0 Å². The highest BCUT2D eigenvalue weighted by atomic mass is 32.2. The van der Waals surface area contributed by atoms with Gasteiger partial charge in [-0.1, -0.05) is 12.1 Å². The molecule has 1 saturated heterocycles. The summed E-state index contributed by atoms with van der Waals surface area (Å²) >= 11 is 0. The molecule has 0 N–H and O–H groups in total. The minimum Gasteiger partial charge on any atom is -0.368 e. The van der Waals surface area contributed by atoms with Gasteiger partial charge in [-0.25, -0.2) is 13.4 Å². The summed E-state index contributed by atoms with van der Waals surface area (Å²) in [6.45, 7) is 1.67. The first-order valence-electron chi connectivity index (χ1n) is 7.66. The van der Waals surface area contributed by atoms with Crippen molar-refractivity contribution in [2.75, 3.05) is 31.1 Å². The minimum atomic E-state index is -3.70. The maximum atomic E-state index is 12.8. The van der Waals surface area contributed by atoms with Crippen LogP contribution in [0.25, 0.3) is 0 Å². The highest BCUT2D eigenvalue weighted by Gasteiger charge is 2.30. The summed E-state index contributed by atoms with van der Waals surface area (Å²) in [5.41, 5.74) is 1.35. The maximum Gasteiger partial charge on any atom is 0.244 e. The van der Waals surface area contributed by atoms with Crippen LogP contribution in [0.2, 0.25) is 0 Å². The van der Waals surface area contributed by atoms with Gasteiger partial charge in [0.05, 0.1) is 22.3 Å². The van der Waals surface area contributed by atoms with Crippen molar-refractivity contribution >= 4 is 15.7 Å². The fourth-order valence-corrected chi connectivity index (χ4v) is 4.31. The Balaban J connectivity index is 1.75. The molecule has 1 aliphatic heterocycles. The van der Waals surface area contributed by atoms with Gasteiger partial charge in [0.2, 0.25) is 10.0 Å². The van der Waals surface area contributed by atoms with Crippen LogP contribution in [0.5, 0.6) is 0 Å². The lowest BCUT2D eigenvalue weighted by Crippen LogP contribution is -2.48. The summed E-state index contributed by atoms with van der Waals surface area (Å²) in [5.74, 6) is 0. The first-order valence-corrected chi connectivity index (χ1v) is 9.10. The third-order valence-corrected chi connectivity index (χ3v) is 6.05. The van der Waals surface area contributed by atoms with E-state index in [0.717, 1.165) is 5.69 Å². The summed E-state index contributed by atoms with van der Waals surface area (Å²) in [6, 6.07) is 13.6. The van der Waals surface area contributed by atoms with Crippen LogP contribution in [0.1, 0.15) is 11.3 Å². The molecule has 0 saturated carbocycles. The molecule has 0 radical (unpaired) electrons. The van der Waals surface area contributed by atoms with Crippen LogP contribution >= 0.6 is 0 Å². The van der Waals surface area contributed by atoms with Gasteiger partial charge in [-0.3, -0.25) is 0 Å². The molecule has 3 rings (SSSR count). The fourth-order valence-electron chi connectivity index (χ4n) is 2.75. The lowest BCUT2D eigenvalue weighted by molar-refractivity contribution is 0.384. The number of benzene rings is 1. The predicted molar refractivity (Wildman–Crippen MR) is 91.1 cm³/mol. The molecule has 1 aromatic heterocycles. The average Bonchev–Trinajstić information content (AvgIpc) is 2.68. The number of hydrogen-bond donors (Lipinski definition) is 0. The van der Waals surface area contributed by atoms with E-state index in [1.165, 1.54) is 16.4 Å². The SMILES string of the molecule is N#Cc1ccc(N2CCN(S(=O)(=O)c3ccccc3C#N)CC2)cn1. The minimum absolute atomic E-state index is 0.0472. The molecule has 0 aliphatic carbocycles. The predicted octanol–water partition coefficient (Wildman–Crippen LogP) is 1.34. The number of pyridine rings is 1. The van der Waals surface area contributed by atoms with E-state index in [9.17, 15) is 8.42 Å². The molecule has 1 aliphatic rings. The Bertz CT molecular complexity index is 950. The maximum absolute atomic E-state index is 12.8. The standard InChI is InChI=1S/C17H15N5O2S/c18-11-14-3-1-2-4-17(14)25(23,24)22-9-7-21(8-10-22)16-6-5-15(12-19)20-13-16/h1-6,13H,7-10H2. The van der Waals surface area contributed by atoms with E-state index in [-0.39, 0.29) is 10.5 Å². The summed E-state index contributed by atoms with van der Waals surface area (Å²) in [6.07, 6.45) is 1.62. The van der Waals surface area contributed by atoms with Crippen molar-refractivity contribution in [1.82, 2.24) is 9.29 Å². The molecule has 0 unspecified atom stereocenters. The first kappa shape index (κ1) is 16.9. The van der Waals surface area contributed by atoms with Crippen molar-refractivity contribution in [2.45, 2.75) is 4.90 Å². The van der Waals surface area contributed by atoms with Crippen LogP contribution in [0.3, 0.4) is 0 Å². The van der Waals surface area contributed by atoms with E-state index in [2.05, 4.69) is 4.98 Å². The quantitative estimate of drug-likeness (QED) is 0.825. The molecule has 0 amide bonds. The van der Waals surface area contributed by atoms with E-state index < -0.39 is 10.0 Å². The summed E-state index contributed by atoms with van der Waals surface area (Å²) < 4.78 is 27.0. The molecular formula is C17H15N5O2S. The second-order valence-electron chi connectivity index (χ2n) is 5.51. The van der Waals surface area contributed by atoms with Gasteiger partial charge in [-0.15, -0.1) is 0 Å². The highest BCUT2D eigenvalue weighted by molar-refractivity contribution is 7.89. The number of piperazine rings is 1. The topological polar surface area (TPSA) is 101 Å². The molecule has 0 spiro atoms. The van der Waals surface area contributed by atoms with Crippen molar-refractivity contribution < 1.29 is 8.42 Å². The molecule has 0 bridgehead atoms. The smallest absolute Gasteiger partial charge is 0.244 e. The Morgan fingerprint density at radius 1 is 0.960 bits per heavy atom. The van der Waals surface area contributed by atoms with Crippen molar-refractivity contribution in [3.8, 4) is 12.1 Å². The van der Waals surface area contributed by atoms with E-state index >= 15 is 0 Å². The van der Waals surface area contributed by atoms with E-state index in [1.807, 2.05) is 17.0 Å². The van der Waals surface area contributed by atoms with E-state index in [0.29, 0.717) is 31.9 Å². The Hall–Kier alpha value is -2.94. The molecule has 2 heterocycles. The number of hydrogen-bond acceptors (Lipinski definition) is 6. The lowest BCUT2D eigenvalue weighted by atomic mass is 10.2. The molecule has 8 heteroatoms. The van der Waals surface area contributed by atoms with Crippen molar-refractivity contribution in [1.29, 1.82) is 10.5 Å². The van der Waals surface area contributed by atoms with Crippen LogP contribution in [-0.4, -0.2) is 43.9 Å². The lowest BCUT2D eigenvalue weighted by Gasteiger charge is -2.35. The molecular weight excluding hydrogens is 338 g/mol. The Kier molecular flexibility index (Phi) is 4.66. The van der Waals surface area contributed by atoms with Gasteiger partial charge in [0.1, 0.15) is 17.8 Å². The molecule has 25 heavy (non-hydrogen) atoms. The van der Waals surface area contributed by atoms with Crippen LogP contribution in [0, 0.1) is 22.7 Å². The van der Waals surface area contributed by atoms with Gasteiger partial charge in [-0.05, 0) is 24.3 Å². The zero-order valence-corrected chi connectivity index (χ0v) is 14.1. The molecule has 1 fully saturated rings. The third kappa shape index (κ3) is 3.31. The highest BCUT2D eigenvalue weighted by Crippen LogP contribution is 2.23. The number of nitrogens with zero attached hydrogens (tertiary/aromatic N) is 5. The fraction of sp³-hybridized carbons (Fsp3) is 0.235. The number of nitriles is 2. The van der Waals surface area contributed by atoms with Crippen LogP contribution in [0.15, 0.2) is 47.5 Å². The van der Waals surface area contributed by atoms with Crippen molar-refractivity contribution in [2.24, 2.45) is 0 Å². The van der Waals surface area contributed by atoms with Gasteiger partial charge >= 0.3 is 0 Å². The van der Waals surface area contributed by atoms with E-state index in [4.69, 9.17) is 10.5 Å². The molecule has 0 atom stereocenters. The summed E-state index contributed by atoms with van der Waals surface area (Å²) in [4.78, 5) is 6.11. The average molecular weight is 353 g/mol. The monoisotopic (exact) mass is 353 g/mol. The first-order chi connectivity index (χ1) is 12.1. The zero-order chi connectivity index (χ0) is 17.9.